The minimum absolute atomic E-state index is 0.521. The van der Waals surface area contributed by atoms with Crippen LogP contribution < -0.4 is 14.8 Å². The molecule has 0 radical (unpaired) electrons. The quantitative estimate of drug-likeness (QED) is 0.574. The first kappa shape index (κ1) is 19.3. The summed E-state index contributed by atoms with van der Waals surface area (Å²) in [7, 11) is 1.70. The van der Waals surface area contributed by atoms with Crippen LogP contribution in [0.1, 0.15) is 18.4 Å². The number of methoxy groups -OCH3 is 1. The largest absolute Gasteiger partial charge is 0.497 e. The molecule has 1 aliphatic heterocycles. The number of anilines is 1. The van der Waals surface area contributed by atoms with Gasteiger partial charge < -0.3 is 14.8 Å². The Hall–Kier alpha value is -2.98. The summed E-state index contributed by atoms with van der Waals surface area (Å²) in [6, 6.07) is 27.1. The molecular formula is C25H28N2O2. The molecule has 3 aromatic rings. The lowest BCUT2D eigenvalue weighted by molar-refractivity contribution is 0.211. The van der Waals surface area contributed by atoms with Crippen molar-refractivity contribution in [1.29, 1.82) is 0 Å². The fraction of sp³-hybridized carbons (Fsp3) is 0.280. The number of hydrogen-bond acceptors (Lipinski definition) is 4. The summed E-state index contributed by atoms with van der Waals surface area (Å²) < 4.78 is 11.2. The summed E-state index contributed by atoms with van der Waals surface area (Å²) in [4.78, 5) is 2.52. The minimum Gasteiger partial charge on any atom is -0.497 e. The van der Waals surface area contributed by atoms with Crippen LogP contribution in [0.2, 0.25) is 0 Å². The van der Waals surface area contributed by atoms with Crippen molar-refractivity contribution in [3.05, 3.63) is 84.4 Å². The summed E-state index contributed by atoms with van der Waals surface area (Å²) in [5.74, 6) is 2.66. The zero-order valence-electron chi connectivity index (χ0n) is 16.9. The zero-order chi connectivity index (χ0) is 19.9. The molecule has 4 heteroatoms. The second kappa shape index (κ2) is 9.48. The maximum absolute atomic E-state index is 5.97. The van der Waals surface area contributed by atoms with Crippen LogP contribution in [-0.4, -0.2) is 31.1 Å². The zero-order valence-corrected chi connectivity index (χ0v) is 16.9. The molecule has 1 aliphatic rings. The predicted octanol–water partition coefficient (Wildman–Crippen LogP) is 5.56. The number of rotatable bonds is 7. The summed E-state index contributed by atoms with van der Waals surface area (Å²) in [5.41, 5.74) is 2.45. The Balaban J connectivity index is 1.27. The molecule has 4 nitrogen and oxygen atoms in total. The Morgan fingerprint density at radius 2 is 1.55 bits per heavy atom. The third kappa shape index (κ3) is 5.52. The van der Waals surface area contributed by atoms with E-state index < -0.39 is 0 Å². The van der Waals surface area contributed by atoms with Gasteiger partial charge in [0.15, 0.2) is 0 Å². The number of ether oxygens (including phenoxy) is 2. The molecule has 0 saturated carbocycles. The van der Waals surface area contributed by atoms with Crippen molar-refractivity contribution in [3.8, 4) is 17.2 Å². The van der Waals surface area contributed by atoms with Crippen LogP contribution in [0.4, 0.5) is 5.69 Å². The first-order valence-corrected chi connectivity index (χ1v) is 10.2. The number of piperidine rings is 1. The average Bonchev–Trinajstić information content (AvgIpc) is 2.77. The van der Waals surface area contributed by atoms with Gasteiger partial charge in [0.1, 0.15) is 17.2 Å². The van der Waals surface area contributed by atoms with Crippen molar-refractivity contribution in [2.24, 2.45) is 0 Å². The Labute approximate surface area is 173 Å². The molecule has 3 aromatic carbocycles. The number of hydrogen-bond donors (Lipinski definition) is 1. The van der Waals surface area contributed by atoms with E-state index >= 15 is 0 Å². The molecule has 0 bridgehead atoms. The van der Waals surface area contributed by atoms with E-state index in [1.54, 1.807) is 7.11 Å². The normalized spacial score (nSPS) is 15.1. The number of nitrogens with zero attached hydrogens (tertiary/aromatic N) is 1. The summed E-state index contributed by atoms with van der Waals surface area (Å²) in [5, 5.41) is 3.65. The number of nitrogens with one attached hydrogen (secondary N) is 1. The van der Waals surface area contributed by atoms with Crippen molar-refractivity contribution in [2.75, 3.05) is 25.5 Å². The lowest BCUT2D eigenvalue weighted by Crippen LogP contribution is -2.38. The van der Waals surface area contributed by atoms with Crippen LogP contribution in [0.5, 0.6) is 17.2 Å². The first-order chi connectivity index (χ1) is 14.3. The van der Waals surface area contributed by atoms with Crippen LogP contribution in [0, 0.1) is 0 Å². The lowest BCUT2D eigenvalue weighted by atomic mass is 10.0. The molecule has 1 fully saturated rings. The van der Waals surface area contributed by atoms with Crippen LogP contribution in [0.3, 0.4) is 0 Å². The number of likely N-dealkylation sites (tertiary alicyclic amines) is 1. The predicted molar refractivity (Wildman–Crippen MR) is 118 cm³/mol. The van der Waals surface area contributed by atoms with Gasteiger partial charge in [-0.05, 0) is 66.9 Å². The van der Waals surface area contributed by atoms with Gasteiger partial charge in [0.2, 0.25) is 0 Å². The molecule has 0 aromatic heterocycles. The lowest BCUT2D eigenvalue weighted by Gasteiger charge is -2.33. The van der Waals surface area contributed by atoms with E-state index in [4.69, 9.17) is 9.47 Å². The van der Waals surface area contributed by atoms with Gasteiger partial charge in [-0.15, -0.1) is 0 Å². The maximum atomic E-state index is 5.97. The van der Waals surface area contributed by atoms with Crippen LogP contribution in [0.15, 0.2) is 78.9 Å². The highest BCUT2D eigenvalue weighted by molar-refractivity contribution is 5.47. The number of benzene rings is 3. The van der Waals surface area contributed by atoms with Gasteiger partial charge in [-0.25, -0.2) is 0 Å². The van der Waals surface area contributed by atoms with E-state index in [0.717, 1.165) is 55.4 Å². The Kier molecular flexibility index (Phi) is 6.32. The molecule has 0 spiro atoms. The molecule has 1 saturated heterocycles. The second-order valence-electron chi connectivity index (χ2n) is 7.49. The van der Waals surface area contributed by atoms with Crippen molar-refractivity contribution >= 4 is 5.69 Å². The molecule has 0 atom stereocenters. The van der Waals surface area contributed by atoms with E-state index in [-0.39, 0.29) is 0 Å². The van der Waals surface area contributed by atoms with Gasteiger partial charge in [0, 0.05) is 31.4 Å². The van der Waals surface area contributed by atoms with Crippen molar-refractivity contribution in [3.63, 3.8) is 0 Å². The van der Waals surface area contributed by atoms with Crippen molar-refractivity contribution in [1.82, 2.24) is 4.90 Å². The van der Waals surface area contributed by atoms with E-state index in [2.05, 4.69) is 40.5 Å². The fourth-order valence-electron chi connectivity index (χ4n) is 3.75. The average molecular weight is 389 g/mol. The Morgan fingerprint density at radius 3 is 2.28 bits per heavy atom. The molecule has 29 heavy (non-hydrogen) atoms. The molecular weight excluding hydrogens is 360 g/mol. The Morgan fingerprint density at radius 1 is 0.828 bits per heavy atom. The standard InChI is InChI=1S/C25H28N2O2/c1-28-23-12-10-21(11-13-23)26-22-14-16-27(17-15-22)19-20-6-5-9-25(18-20)29-24-7-3-2-4-8-24/h2-13,18,22,26H,14-17,19H2,1H3. The van der Waals surface area contributed by atoms with Crippen LogP contribution in [0.25, 0.3) is 0 Å². The van der Waals surface area contributed by atoms with E-state index in [9.17, 15) is 0 Å². The number of para-hydroxylation sites is 1. The molecule has 0 amide bonds. The third-order valence-corrected chi connectivity index (χ3v) is 5.33. The van der Waals surface area contributed by atoms with E-state index in [1.165, 1.54) is 5.56 Å². The topological polar surface area (TPSA) is 33.7 Å². The molecule has 4 rings (SSSR count). The van der Waals surface area contributed by atoms with Crippen molar-refractivity contribution in [2.45, 2.75) is 25.4 Å². The van der Waals surface area contributed by atoms with Gasteiger partial charge in [-0.3, -0.25) is 4.90 Å². The molecule has 1 N–H and O–H groups in total. The van der Waals surface area contributed by atoms with E-state index in [0.29, 0.717) is 6.04 Å². The maximum Gasteiger partial charge on any atom is 0.127 e. The molecule has 0 unspecified atom stereocenters. The second-order valence-corrected chi connectivity index (χ2v) is 7.49. The highest BCUT2D eigenvalue weighted by Gasteiger charge is 2.19. The SMILES string of the molecule is COc1ccc(NC2CCN(Cc3cccc(Oc4ccccc4)c3)CC2)cc1. The highest BCUT2D eigenvalue weighted by Crippen LogP contribution is 2.24. The fourth-order valence-corrected chi connectivity index (χ4v) is 3.75. The smallest absolute Gasteiger partial charge is 0.127 e. The summed E-state index contributed by atoms with van der Waals surface area (Å²) in [6.45, 7) is 3.15. The van der Waals surface area contributed by atoms with Crippen LogP contribution >= 0.6 is 0 Å². The first-order valence-electron chi connectivity index (χ1n) is 10.2. The van der Waals surface area contributed by atoms with E-state index in [1.807, 2.05) is 48.5 Å². The highest BCUT2D eigenvalue weighted by atomic mass is 16.5. The third-order valence-electron chi connectivity index (χ3n) is 5.33. The van der Waals surface area contributed by atoms with Gasteiger partial charge >= 0.3 is 0 Å². The summed E-state index contributed by atoms with van der Waals surface area (Å²) >= 11 is 0. The van der Waals surface area contributed by atoms with Crippen molar-refractivity contribution < 1.29 is 9.47 Å². The van der Waals surface area contributed by atoms with Gasteiger partial charge in [0.05, 0.1) is 7.11 Å². The monoisotopic (exact) mass is 388 g/mol. The van der Waals surface area contributed by atoms with Gasteiger partial charge in [-0.1, -0.05) is 30.3 Å². The Bertz CT molecular complexity index is 888. The molecule has 1 heterocycles. The van der Waals surface area contributed by atoms with Gasteiger partial charge in [0.25, 0.3) is 0 Å². The van der Waals surface area contributed by atoms with Gasteiger partial charge in [-0.2, -0.15) is 0 Å². The van der Waals surface area contributed by atoms with Crippen LogP contribution in [-0.2, 0) is 6.54 Å². The summed E-state index contributed by atoms with van der Waals surface area (Å²) in [6.07, 6.45) is 2.29. The molecule has 0 aliphatic carbocycles. The molecule has 150 valence electrons. The minimum atomic E-state index is 0.521.